The van der Waals surface area contributed by atoms with Gasteiger partial charge in [0.05, 0.1) is 23.1 Å². The first-order valence-corrected chi connectivity index (χ1v) is 9.32. The summed E-state index contributed by atoms with van der Waals surface area (Å²) in [5.74, 6) is -0.0284. The van der Waals surface area contributed by atoms with Crippen molar-refractivity contribution in [3.8, 4) is 11.3 Å². The summed E-state index contributed by atoms with van der Waals surface area (Å²) in [5, 5.41) is 0. The zero-order valence-electron chi connectivity index (χ0n) is 16.8. The number of alkyl halides is 3. The number of aromatic nitrogens is 3. The molecule has 2 heterocycles. The molecule has 0 amide bonds. The van der Waals surface area contributed by atoms with E-state index in [-0.39, 0.29) is 17.5 Å². The van der Waals surface area contributed by atoms with Crippen molar-refractivity contribution in [2.24, 2.45) is 0 Å². The molecule has 0 unspecified atom stereocenters. The minimum absolute atomic E-state index is 0.0323. The standard InChI is InChI=1S/C22H23F4N3/c1-13-9-15(19-12-28-20(29-19)21(2,3)4)6-5-14(13)7-8-18-17(23)10-16(11-27-18)22(24,25)26/h5-6,9-12H,7-8H2,1-4H3,(H,28,29). The van der Waals surface area contributed by atoms with Crippen molar-refractivity contribution in [2.45, 2.75) is 52.1 Å². The highest BCUT2D eigenvalue weighted by Crippen LogP contribution is 2.30. The number of rotatable bonds is 4. The maximum atomic E-state index is 14.0. The van der Waals surface area contributed by atoms with Gasteiger partial charge in [0.15, 0.2) is 0 Å². The smallest absolute Gasteiger partial charge is 0.342 e. The summed E-state index contributed by atoms with van der Waals surface area (Å²) < 4.78 is 51.9. The van der Waals surface area contributed by atoms with E-state index >= 15 is 0 Å². The van der Waals surface area contributed by atoms with Crippen LogP contribution in [0.15, 0.2) is 36.7 Å². The summed E-state index contributed by atoms with van der Waals surface area (Å²) in [6.45, 7) is 8.20. The molecule has 0 saturated carbocycles. The van der Waals surface area contributed by atoms with E-state index in [0.717, 1.165) is 28.2 Å². The Kier molecular flexibility index (Phi) is 5.52. The Balaban J connectivity index is 1.74. The average Bonchev–Trinajstić information content (AvgIpc) is 3.11. The number of pyridine rings is 1. The minimum Gasteiger partial charge on any atom is -0.342 e. The Labute approximate surface area is 167 Å². The number of H-pyrrole nitrogens is 1. The highest BCUT2D eigenvalue weighted by Gasteiger charge is 2.31. The number of aromatic amines is 1. The van der Waals surface area contributed by atoms with Crippen molar-refractivity contribution in [3.63, 3.8) is 0 Å². The third-order valence-corrected chi connectivity index (χ3v) is 4.82. The van der Waals surface area contributed by atoms with Gasteiger partial charge in [0.25, 0.3) is 0 Å². The van der Waals surface area contributed by atoms with E-state index in [4.69, 9.17) is 0 Å². The molecule has 3 aromatic rings. The number of aryl methyl sites for hydroxylation is 3. The Morgan fingerprint density at radius 3 is 2.24 bits per heavy atom. The third kappa shape index (κ3) is 4.83. The van der Waals surface area contributed by atoms with Gasteiger partial charge in [-0.05, 0) is 48.6 Å². The van der Waals surface area contributed by atoms with Gasteiger partial charge >= 0.3 is 6.18 Å². The van der Waals surface area contributed by atoms with E-state index in [9.17, 15) is 17.6 Å². The molecule has 3 nitrogen and oxygen atoms in total. The average molecular weight is 405 g/mol. The molecule has 0 bridgehead atoms. The SMILES string of the molecule is Cc1cc(-c2cnc(C(C)(C)C)[nH]2)ccc1CCc1ncc(C(F)(F)F)cc1F. The highest BCUT2D eigenvalue weighted by atomic mass is 19.4. The summed E-state index contributed by atoms with van der Waals surface area (Å²) in [6.07, 6.45) is -1.41. The van der Waals surface area contributed by atoms with Crippen molar-refractivity contribution in [1.82, 2.24) is 15.0 Å². The van der Waals surface area contributed by atoms with E-state index in [0.29, 0.717) is 18.7 Å². The van der Waals surface area contributed by atoms with Crippen LogP contribution in [-0.2, 0) is 24.4 Å². The molecule has 0 fully saturated rings. The van der Waals surface area contributed by atoms with E-state index in [2.05, 4.69) is 35.7 Å². The van der Waals surface area contributed by atoms with Gasteiger partial charge in [-0.2, -0.15) is 13.2 Å². The number of benzene rings is 1. The molecular formula is C22H23F4N3. The van der Waals surface area contributed by atoms with E-state index < -0.39 is 17.6 Å². The van der Waals surface area contributed by atoms with Crippen LogP contribution in [0.4, 0.5) is 17.6 Å². The molecule has 1 aromatic carbocycles. The second-order valence-electron chi connectivity index (χ2n) is 8.19. The van der Waals surface area contributed by atoms with Gasteiger partial charge in [-0.3, -0.25) is 4.98 Å². The topological polar surface area (TPSA) is 41.6 Å². The van der Waals surface area contributed by atoms with Gasteiger partial charge in [-0.15, -0.1) is 0 Å². The predicted octanol–water partition coefficient (Wildman–Crippen LogP) is 6.02. The highest BCUT2D eigenvalue weighted by molar-refractivity contribution is 5.60. The van der Waals surface area contributed by atoms with Crippen LogP contribution in [0.25, 0.3) is 11.3 Å². The normalized spacial score (nSPS) is 12.4. The van der Waals surface area contributed by atoms with Crippen molar-refractivity contribution in [2.75, 3.05) is 0 Å². The Morgan fingerprint density at radius 2 is 1.69 bits per heavy atom. The maximum Gasteiger partial charge on any atom is 0.417 e. The van der Waals surface area contributed by atoms with E-state index in [1.54, 1.807) is 6.20 Å². The van der Waals surface area contributed by atoms with Gasteiger partial charge < -0.3 is 4.98 Å². The first kappa shape index (κ1) is 21.0. The van der Waals surface area contributed by atoms with Crippen LogP contribution in [0.1, 0.15) is 49.0 Å². The number of nitrogens with one attached hydrogen (secondary N) is 1. The Bertz CT molecular complexity index is 1010. The zero-order chi connectivity index (χ0) is 21.4. The van der Waals surface area contributed by atoms with Crippen LogP contribution in [0.2, 0.25) is 0 Å². The molecule has 0 atom stereocenters. The first-order chi connectivity index (χ1) is 13.4. The van der Waals surface area contributed by atoms with E-state index in [1.807, 2.05) is 25.1 Å². The van der Waals surface area contributed by atoms with Crippen molar-refractivity contribution < 1.29 is 17.6 Å². The minimum atomic E-state index is -4.60. The fraction of sp³-hybridized carbons (Fsp3) is 0.364. The Hall–Kier alpha value is -2.70. The number of imidazole rings is 1. The second-order valence-corrected chi connectivity index (χ2v) is 8.19. The maximum absolute atomic E-state index is 14.0. The zero-order valence-corrected chi connectivity index (χ0v) is 16.8. The Morgan fingerprint density at radius 1 is 0.966 bits per heavy atom. The van der Waals surface area contributed by atoms with Crippen LogP contribution in [-0.4, -0.2) is 15.0 Å². The van der Waals surface area contributed by atoms with Crippen LogP contribution >= 0.6 is 0 Å². The fourth-order valence-electron chi connectivity index (χ4n) is 3.05. The fourth-order valence-corrected chi connectivity index (χ4v) is 3.05. The van der Waals surface area contributed by atoms with Crippen LogP contribution in [0, 0.1) is 12.7 Å². The molecule has 1 N–H and O–H groups in total. The molecule has 0 aliphatic rings. The van der Waals surface area contributed by atoms with Gasteiger partial charge in [0.2, 0.25) is 0 Å². The summed E-state index contributed by atoms with van der Waals surface area (Å²) in [7, 11) is 0. The van der Waals surface area contributed by atoms with Crippen LogP contribution in [0.5, 0.6) is 0 Å². The van der Waals surface area contributed by atoms with Gasteiger partial charge in [-0.25, -0.2) is 9.37 Å². The number of nitrogens with zero attached hydrogens (tertiary/aromatic N) is 2. The monoisotopic (exact) mass is 405 g/mol. The van der Waals surface area contributed by atoms with Crippen LogP contribution in [0.3, 0.4) is 0 Å². The summed E-state index contributed by atoms with van der Waals surface area (Å²) in [6, 6.07) is 6.43. The number of halogens is 4. The molecule has 0 radical (unpaired) electrons. The molecule has 2 aromatic heterocycles. The van der Waals surface area contributed by atoms with Gasteiger partial charge in [0, 0.05) is 11.6 Å². The first-order valence-electron chi connectivity index (χ1n) is 9.32. The number of hydrogen-bond acceptors (Lipinski definition) is 2. The molecule has 3 rings (SSSR count). The third-order valence-electron chi connectivity index (χ3n) is 4.82. The molecule has 0 spiro atoms. The molecule has 0 aliphatic heterocycles. The molecular weight excluding hydrogens is 382 g/mol. The molecule has 29 heavy (non-hydrogen) atoms. The molecule has 0 aliphatic carbocycles. The van der Waals surface area contributed by atoms with Gasteiger partial charge in [0.1, 0.15) is 11.6 Å². The van der Waals surface area contributed by atoms with Crippen molar-refractivity contribution in [3.05, 3.63) is 70.7 Å². The largest absolute Gasteiger partial charge is 0.417 e. The van der Waals surface area contributed by atoms with Crippen molar-refractivity contribution >= 4 is 0 Å². The molecule has 7 heteroatoms. The second kappa shape index (κ2) is 7.61. The lowest BCUT2D eigenvalue weighted by Gasteiger charge is -2.14. The number of hydrogen-bond donors (Lipinski definition) is 1. The lowest BCUT2D eigenvalue weighted by Crippen LogP contribution is -2.13. The quantitative estimate of drug-likeness (QED) is 0.539. The lowest BCUT2D eigenvalue weighted by atomic mass is 9.96. The van der Waals surface area contributed by atoms with Crippen molar-refractivity contribution in [1.29, 1.82) is 0 Å². The van der Waals surface area contributed by atoms with E-state index in [1.165, 1.54) is 0 Å². The van der Waals surface area contributed by atoms with Crippen LogP contribution < -0.4 is 0 Å². The predicted molar refractivity (Wildman–Crippen MR) is 104 cm³/mol. The summed E-state index contributed by atoms with van der Waals surface area (Å²) in [4.78, 5) is 11.4. The molecule has 154 valence electrons. The summed E-state index contributed by atoms with van der Waals surface area (Å²) >= 11 is 0. The summed E-state index contributed by atoms with van der Waals surface area (Å²) in [5.41, 5.74) is 2.80. The molecule has 0 saturated heterocycles. The lowest BCUT2D eigenvalue weighted by molar-refractivity contribution is -0.138. The van der Waals surface area contributed by atoms with Gasteiger partial charge in [-0.1, -0.05) is 32.9 Å².